The molecule has 0 aliphatic heterocycles. The smallest absolute Gasteiger partial charge is 0.142 e. The summed E-state index contributed by atoms with van der Waals surface area (Å²) in [4.78, 5) is 0. The second-order valence-electron chi connectivity index (χ2n) is 3.61. The van der Waals surface area contributed by atoms with E-state index in [2.05, 4.69) is 25.9 Å². The van der Waals surface area contributed by atoms with Gasteiger partial charge in [-0.05, 0) is 5.41 Å². The maximum absolute atomic E-state index is 8.33. The Bertz CT molecular complexity index is 135. The SMILES string of the molecule is C[C@H](/C(N)=N/O)C(C)(C)C. The van der Waals surface area contributed by atoms with Crippen LogP contribution < -0.4 is 5.73 Å². The Balaban J connectivity index is 4.23. The van der Waals surface area contributed by atoms with Crippen molar-refractivity contribution in [2.75, 3.05) is 0 Å². The first-order valence-electron chi connectivity index (χ1n) is 3.37. The third-order valence-electron chi connectivity index (χ3n) is 1.86. The molecule has 0 saturated carbocycles. The molecule has 0 unspecified atom stereocenters. The summed E-state index contributed by atoms with van der Waals surface area (Å²) in [6.45, 7) is 8.09. The molecule has 3 nitrogen and oxygen atoms in total. The fourth-order valence-corrected chi connectivity index (χ4v) is 0.530. The van der Waals surface area contributed by atoms with Crippen LogP contribution in [0, 0.1) is 11.3 Å². The molecule has 60 valence electrons. The second-order valence-corrected chi connectivity index (χ2v) is 3.61. The van der Waals surface area contributed by atoms with Crippen LogP contribution in [-0.2, 0) is 0 Å². The second kappa shape index (κ2) is 2.90. The van der Waals surface area contributed by atoms with E-state index in [9.17, 15) is 0 Å². The largest absolute Gasteiger partial charge is 0.409 e. The average Bonchev–Trinajstić information content (AvgIpc) is 1.83. The molecule has 0 rings (SSSR count). The highest BCUT2D eigenvalue weighted by atomic mass is 16.4. The van der Waals surface area contributed by atoms with E-state index in [1.54, 1.807) is 0 Å². The Morgan fingerprint density at radius 2 is 1.90 bits per heavy atom. The number of nitrogens with two attached hydrogens (primary N) is 1. The van der Waals surface area contributed by atoms with E-state index in [0.29, 0.717) is 5.84 Å². The highest BCUT2D eigenvalue weighted by Gasteiger charge is 2.23. The zero-order valence-electron chi connectivity index (χ0n) is 7.05. The summed E-state index contributed by atoms with van der Waals surface area (Å²) in [5, 5.41) is 11.3. The van der Waals surface area contributed by atoms with Gasteiger partial charge in [0.05, 0.1) is 0 Å². The lowest BCUT2D eigenvalue weighted by atomic mass is 9.81. The Hall–Kier alpha value is -0.730. The van der Waals surface area contributed by atoms with Crippen LogP contribution in [-0.4, -0.2) is 11.0 Å². The van der Waals surface area contributed by atoms with E-state index in [-0.39, 0.29) is 11.3 Å². The van der Waals surface area contributed by atoms with E-state index >= 15 is 0 Å². The molecule has 0 spiro atoms. The minimum absolute atomic E-state index is 0.0658. The van der Waals surface area contributed by atoms with Gasteiger partial charge in [-0.1, -0.05) is 32.9 Å². The first kappa shape index (κ1) is 9.27. The molecule has 0 amide bonds. The topological polar surface area (TPSA) is 58.6 Å². The van der Waals surface area contributed by atoms with Crippen molar-refractivity contribution in [3.05, 3.63) is 0 Å². The fourth-order valence-electron chi connectivity index (χ4n) is 0.530. The normalized spacial score (nSPS) is 17.0. The minimum Gasteiger partial charge on any atom is -0.409 e. The number of oxime groups is 1. The summed E-state index contributed by atoms with van der Waals surface area (Å²) in [6.07, 6.45) is 0. The van der Waals surface area contributed by atoms with Gasteiger partial charge in [-0.25, -0.2) is 0 Å². The lowest BCUT2D eigenvalue weighted by Gasteiger charge is -2.25. The third-order valence-corrected chi connectivity index (χ3v) is 1.86. The van der Waals surface area contributed by atoms with Crippen LogP contribution in [0.15, 0.2) is 5.16 Å². The monoisotopic (exact) mass is 144 g/mol. The molecular weight excluding hydrogens is 128 g/mol. The van der Waals surface area contributed by atoms with Crippen molar-refractivity contribution in [1.82, 2.24) is 0 Å². The van der Waals surface area contributed by atoms with E-state index in [4.69, 9.17) is 10.9 Å². The van der Waals surface area contributed by atoms with Gasteiger partial charge in [0.15, 0.2) is 0 Å². The Labute approximate surface area is 61.9 Å². The number of hydrogen-bond acceptors (Lipinski definition) is 2. The Kier molecular flexibility index (Phi) is 2.69. The highest BCUT2D eigenvalue weighted by Crippen LogP contribution is 2.24. The maximum Gasteiger partial charge on any atom is 0.142 e. The molecule has 3 N–H and O–H groups in total. The standard InChI is InChI=1S/C7H16N2O/c1-5(6(8)9-10)7(2,3)4/h5,10H,1-4H3,(H2,8,9)/t5-/m1/s1. The highest BCUT2D eigenvalue weighted by molar-refractivity contribution is 5.82. The van der Waals surface area contributed by atoms with Crippen LogP contribution in [0.2, 0.25) is 0 Å². The molecule has 0 radical (unpaired) electrons. The molecule has 0 aromatic heterocycles. The molecule has 0 bridgehead atoms. The predicted molar refractivity (Wildman–Crippen MR) is 42.0 cm³/mol. The number of nitrogens with zero attached hydrogens (tertiary/aromatic N) is 1. The van der Waals surface area contributed by atoms with E-state index < -0.39 is 0 Å². The van der Waals surface area contributed by atoms with Gasteiger partial charge in [-0.15, -0.1) is 0 Å². The molecule has 0 aromatic rings. The molecule has 0 aliphatic rings. The summed E-state index contributed by atoms with van der Waals surface area (Å²) >= 11 is 0. The quantitative estimate of drug-likeness (QED) is 0.253. The van der Waals surface area contributed by atoms with E-state index in [1.807, 2.05) is 6.92 Å². The van der Waals surface area contributed by atoms with Gasteiger partial charge < -0.3 is 10.9 Å². The van der Waals surface area contributed by atoms with Crippen molar-refractivity contribution in [3.63, 3.8) is 0 Å². The van der Waals surface area contributed by atoms with E-state index in [1.165, 1.54) is 0 Å². The van der Waals surface area contributed by atoms with Crippen molar-refractivity contribution < 1.29 is 5.21 Å². The van der Waals surface area contributed by atoms with Gasteiger partial charge in [0.2, 0.25) is 0 Å². The summed E-state index contributed by atoms with van der Waals surface area (Å²) < 4.78 is 0. The summed E-state index contributed by atoms with van der Waals surface area (Å²) in [5.41, 5.74) is 5.47. The zero-order valence-corrected chi connectivity index (χ0v) is 7.05. The van der Waals surface area contributed by atoms with Crippen LogP contribution in [0.4, 0.5) is 0 Å². The Morgan fingerprint density at radius 3 is 2.00 bits per heavy atom. The lowest BCUT2D eigenvalue weighted by Crippen LogP contribution is -2.31. The van der Waals surface area contributed by atoms with Crippen LogP contribution >= 0.6 is 0 Å². The van der Waals surface area contributed by atoms with Crippen molar-refractivity contribution in [2.45, 2.75) is 27.7 Å². The number of hydrogen-bond donors (Lipinski definition) is 2. The predicted octanol–water partition coefficient (Wildman–Crippen LogP) is 1.41. The van der Waals surface area contributed by atoms with Crippen LogP contribution in [0.5, 0.6) is 0 Å². The molecule has 0 aliphatic carbocycles. The molecule has 1 atom stereocenters. The van der Waals surface area contributed by atoms with Crippen molar-refractivity contribution in [2.24, 2.45) is 22.2 Å². The molecule has 0 saturated heterocycles. The first-order valence-corrected chi connectivity index (χ1v) is 3.37. The molecule has 0 fully saturated rings. The van der Waals surface area contributed by atoms with Crippen LogP contribution in [0.25, 0.3) is 0 Å². The van der Waals surface area contributed by atoms with Gasteiger partial charge in [0.1, 0.15) is 5.84 Å². The van der Waals surface area contributed by atoms with Gasteiger partial charge in [0, 0.05) is 5.92 Å². The number of rotatable bonds is 1. The van der Waals surface area contributed by atoms with E-state index in [0.717, 1.165) is 0 Å². The third kappa shape index (κ3) is 2.25. The Morgan fingerprint density at radius 1 is 1.50 bits per heavy atom. The summed E-state index contributed by atoms with van der Waals surface area (Å²) in [5.74, 6) is 0.407. The number of amidine groups is 1. The first-order chi connectivity index (χ1) is 4.39. The molecule has 3 heteroatoms. The van der Waals surface area contributed by atoms with Crippen molar-refractivity contribution in [1.29, 1.82) is 0 Å². The summed E-state index contributed by atoms with van der Waals surface area (Å²) in [6, 6.07) is 0. The van der Waals surface area contributed by atoms with Crippen molar-refractivity contribution in [3.8, 4) is 0 Å². The average molecular weight is 144 g/mol. The molecule has 0 aromatic carbocycles. The fraction of sp³-hybridized carbons (Fsp3) is 0.857. The van der Waals surface area contributed by atoms with Crippen LogP contribution in [0.3, 0.4) is 0 Å². The molecule has 10 heavy (non-hydrogen) atoms. The van der Waals surface area contributed by atoms with Crippen LogP contribution in [0.1, 0.15) is 27.7 Å². The maximum atomic E-state index is 8.33. The lowest BCUT2D eigenvalue weighted by molar-refractivity contribution is 0.289. The zero-order chi connectivity index (χ0) is 8.36. The van der Waals surface area contributed by atoms with Gasteiger partial charge in [0.25, 0.3) is 0 Å². The molecular formula is C7H16N2O. The van der Waals surface area contributed by atoms with Gasteiger partial charge in [-0.3, -0.25) is 0 Å². The van der Waals surface area contributed by atoms with Crippen molar-refractivity contribution >= 4 is 5.84 Å². The van der Waals surface area contributed by atoms with Gasteiger partial charge >= 0.3 is 0 Å². The minimum atomic E-state index is 0.0658. The van der Waals surface area contributed by atoms with Gasteiger partial charge in [-0.2, -0.15) is 0 Å². The molecule has 0 heterocycles. The summed E-state index contributed by atoms with van der Waals surface area (Å²) in [7, 11) is 0.